The third-order valence-electron chi connectivity index (χ3n) is 5.86. The van der Waals surface area contributed by atoms with Gasteiger partial charge in [0.25, 0.3) is 5.91 Å². The minimum Gasteiger partial charge on any atom is -0.497 e. The summed E-state index contributed by atoms with van der Waals surface area (Å²) < 4.78 is 24.9. The van der Waals surface area contributed by atoms with Gasteiger partial charge in [0.05, 0.1) is 26.4 Å². The minimum absolute atomic E-state index is 0.175. The zero-order chi connectivity index (χ0) is 22.7. The molecule has 5 nitrogen and oxygen atoms in total. The maximum absolute atomic E-state index is 14.2. The molecule has 3 aromatic rings. The van der Waals surface area contributed by atoms with Gasteiger partial charge in [0, 0.05) is 29.1 Å². The lowest BCUT2D eigenvalue weighted by Crippen LogP contribution is -2.40. The zero-order valence-electron chi connectivity index (χ0n) is 18.5. The number of benzene rings is 2. The van der Waals surface area contributed by atoms with Crippen molar-refractivity contribution in [3.63, 3.8) is 0 Å². The lowest BCUT2D eigenvalue weighted by Gasteiger charge is -2.35. The van der Waals surface area contributed by atoms with Crippen LogP contribution in [0.15, 0.2) is 48.5 Å². The molecule has 32 heavy (non-hydrogen) atoms. The van der Waals surface area contributed by atoms with Gasteiger partial charge in [-0.2, -0.15) is 0 Å². The van der Waals surface area contributed by atoms with E-state index in [9.17, 15) is 9.18 Å². The molecule has 0 aliphatic carbocycles. The number of anilines is 1. The molecule has 1 saturated heterocycles. The molecule has 0 spiro atoms. The summed E-state index contributed by atoms with van der Waals surface area (Å²) >= 11 is 1.55. The maximum Gasteiger partial charge on any atom is 0.256 e. The van der Waals surface area contributed by atoms with Crippen LogP contribution >= 0.6 is 11.3 Å². The second-order valence-corrected chi connectivity index (χ2v) is 9.04. The van der Waals surface area contributed by atoms with Gasteiger partial charge in [0.1, 0.15) is 16.6 Å². The molecule has 4 rings (SSSR count). The van der Waals surface area contributed by atoms with E-state index in [1.54, 1.807) is 54.8 Å². The fourth-order valence-electron chi connectivity index (χ4n) is 4.06. The van der Waals surface area contributed by atoms with Crippen molar-refractivity contribution in [3.05, 3.63) is 81.5 Å². The third kappa shape index (κ3) is 4.70. The van der Waals surface area contributed by atoms with Gasteiger partial charge in [-0.3, -0.25) is 9.69 Å². The van der Waals surface area contributed by atoms with E-state index >= 15 is 0 Å². The van der Waals surface area contributed by atoms with Crippen LogP contribution in [0, 0.1) is 19.7 Å². The highest BCUT2D eigenvalue weighted by Gasteiger charge is 2.30. The number of nitrogens with zero attached hydrogens (tertiary/aromatic N) is 1. The van der Waals surface area contributed by atoms with Crippen molar-refractivity contribution in [2.45, 2.75) is 19.9 Å². The van der Waals surface area contributed by atoms with Crippen molar-refractivity contribution >= 4 is 22.2 Å². The molecular formula is C25H27FN2O3S. The molecule has 1 aliphatic rings. The molecule has 7 heteroatoms. The summed E-state index contributed by atoms with van der Waals surface area (Å²) in [5.41, 5.74) is 3.55. The number of thiophene rings is 1. The number of hydrogen-bond donors (Lipinski definition) is 1. The van der Waals surface area contributed by atoms with Crippen molar-refractivity contribution in [3.8, 4) is 5.75 Å². The second-order valence-electron chi connectivity index (χ2n) is 7.81. The zero-order valence-corrected chi connectivity index (χ0v) is 19.3. The Balaban J connectivity index is 1.73. The van der Waals surface area contributed by atoms with Crippen LogP contribution in [0.5, 0.6) is 5.75 Å². The van der Waals surface area contributed by atoms with Crippen LogP contribution in [-0.2, 0) is 4.74 Å². The number of aryl methyl sites for hydroxylation is 1. The summed E-state index contributed by atoms with van der Waals surface area (Å²) in [6.45, 7) is 6.84. The lowest BCUT2D eigenvalue weighted by atomic mass is 9.94. The maximum atomic E-state index is 14.2. The molecule has 1 aliphatic heterocycles. The van der Waals surface area contributed by atoms with Crippen LogP contribution in [-0.4, -0.2) is 44.2 Å². The van der Waals surface area contributed by atoms with Gasteiger partial charge < -0.3 is 14.8 Å². The number of ether oxygens (including phenoxy) is 2. The number of carbonyl (C=O) groups is 1. The van der Waals surface area contributed by atoms with E-state index in [0.717, 1.165) is 39.7 Å². The van der Waals surface area contributed by atoms with E-state index in [1.165, 1.54) is 6.07 Å². The number of amides is 1. The molecule has 0 saturated carbocycles. The quantitative estimate of drug-likeness (QED) is 0.557. The first-order valence-electron chi connectivity index (χ1n) is 10.6. The summed E-state index contributed by atoms with van der Waals surface area (Å²) in [5.74, 6) is 0.243. The third-order valence-corrected chi connectivity index (χ3v) is 7.00. The Morgan fingerprint density at radius 1 is 1.16 bits per heavy atom. The van der Waals surface area contributed by atoms with Crippen LogP contribution in [0.25, 0.3) is 0 Å². The van der Waals surface area contributed by atoms with Gasteiger partial charge >= 0.3 is 0 Å². The van der Waals surface area contributed by atoms with Crippen molar-refractivity contribution in [1.29, 1.82) is 0 Å². The van der Waals surface area contributed by atoms with E-state index in [1.807, 2.05) is 6.07 Å². The molecule has 168 valence electrons. The topological polar surface area (TPSA) is 50.8 Å². The largest absolute Gasteiger partial charge is 0.497 e. The molecule has 1 fully saturated rings. The summed E-state index contributed by atoms with van der Waals surface area (Å²) in [6.07, 6.45) is 0. The summed E-state index contributed by atoms with van der Waals surface area (Å²) in [4.78, 5) is 16.5. The number of halogens is 1. The number of nitrogens with one attached hydrogen (secondary N) is 1. The lowest BCUT2D eigenvalue weighted by molar-refractivity contribution is 0.0240. The Kier molecular flexibility index (Phi) is 6.89. The van der Waals surface area contributed by atoms with Gasteiger partial charge in [-0.25, -0.2) is 4.39 Å². The van der Waals surface area contributed by atoms with Gasteiger partial charge in [-0.15, -0.1) is 11.3 Å². The number of methoxy groups -OCH3 is 1. The number of morpholine rings is 1. The van der Waals surface area contributed by atoms with Crippen LogP contribution in [0.3, 0.4) is 0 Å². The smallest absolute Gasteiger partial charge is 0.256 e. The van der Waals surface area contributed by atoms with E-state index in [4.69, 9.17) is 9.47 Å². The van der Waals surface area contributed by atoms with Gasteiger partial charge in [-0.05, 0) is 61.4 Å². The van der Waals surface area contributed by atoms with E-state index in [-0.39, 0.29) is 17.8 Å². The highest BCUT2D eigenvalue weighted by Crippen LogP contribution is 2.42. The molecule has 2 heterocycles. The fourth-order valence-corrected chi connectivity index (χ4v) is 5.14. The van der Waals surface area contributed by atoms with Crippen molar-refractivity contribution in [2.24, 2.45) is 0 Å². The SMILES string of the molecule is COc1ccc(C(=O)Nc2sc(C)c(C)c2[C@@H](c2cccc(F)c2)N2CCOCC2)cc1. The Bertz CT molecular complexity index is 1090. The minimum atomic E-state index is -0.269. The molecule has 1 amide bonds. The molecular weight excluding hydrogens is 427 g/mol. The Labute approximate surface area is 191 Å². The van der Waals surface area contributed by atoms with Crippen molar-refractivity contribution in [2.75, 3.05) is 38.7 Å². The summed E-state index contributed by atoms with van der Waals surface area (Å²) in [6, 6.07) is 13.6. The monoisotopic (exact) mass is 454 g/mol. The highest BCUT2D eigenvalue weighted by atomic mass is 32.1. The molecule has 0 radical (unpaired) electrons. The molecule has 1 N–H and O–H groups in total. The molecule has 2 aromatic carbocycles. The summed E-state index contributed by atoms with van der Waals surface area (Å²) in [7, 11) is 1.59. The first-order valence-corrected chi connectivity index (χ1v) is 11.4. The summed E-state index contributed by atoms with van der Waals surface area (Å²) in [5, 5.41) is 3.91. The number of carbonyl (C=O) groups excluding carboxylic acids is 1. The van der Waals surface area contributed by atoms with Crippen LogP contribution in [0.2, 0.25) is 0 Å². The number of rotatable bonds is 6. The first kappa shape index (κ1) is 22.5. The average molecular weight is 455 g/mol. The number of hydrogen-bond acceptors (Lipinski definition) is 5. The Morgan fingerprint density at radius 2 is 1.88 bits per heavy atom. The molecule has 0 unspecified atom stereocenters. The average Bonchev–Trinajstić information content (AvgIpc) is 3.08. The highest BCUT2D eigenvalue weighted by molar-refractivity contribution is 7.16. The standard InChI is InChI=1S/C25H27FN2O3S/c1-16-17(2)32-25(27-24(29)18-7-9-21(30-3)10-8-18)22(16)23(28-11-13-31-14-12-28)19-5-4-6-20(26)15-19/h4-10,15,23H,11-14H2,1-3H3,(H,27,29)/t23-/m1/s1. The predicted octanol–water partition coefficient (Wildman–Crippen LogP) is 5.19. The first-order chi connectivity index (χ1) is 15.5. The van der Waals surface area contributed by atoms with Crippen molar-refractivity contribution in [1.82, 2.24) is 4.90 Å². The van der Waals surface area contributed by atoms with E-state index in [0.29, 0.717) is 24.5 Å². The molecule has 1 atom stereocenters. The van der Waals surface area contributed by atoms with Crippen LogP contribution < -0.4 is 10.1 Å². The van der Waals surface area contributed by atoms with Crippen LogP contribution in [0.1, 0.15) is 38.0 Å². The Morgan fingerprint density at radius 3 is 2.53 bits per heavy atom. The molecule has 1 aromatic heterocycles. The predicted molar refractivity (Wildman–Crippen MR) is 125 cm³/mol. The second kappa shape index (κ2) is 9.81. The van der Waals surface area contributed by atoms with Gasteiger partial charge in [-0.1, -0.05) is 12.1 Å². The van der Waals surface area contributed by atoms with Gasteiger partial charge in [0.2, 0.25) is 0 Å². The van der Waals surface area contributed by atoms with Crippen LogP contribution in [0.4, 0.5) is 9.39 Å². The Hall–Kier alpha value is -2.74. The normalized spacial score (nSPS) is 15.4. The molecule has 0 bridgehead atoms. The fraction of sp³-hybridized carbons (Fsp3) is 0.320. The van der Waals surface area contributed by atoms with Crippen molar-refractivity contribution < 1.29 is 18.7 Å². The van der Waals surface area contributed by atoms with E-state index in [2.05, 4.69) is 24.1 Å². The van der Waals surface area contributed by atoms with E-state index < -0.39 is 0 Å². The van der Waals surface area contributed by atoms with Gasteiger partial charge in [0.15, 0.2) is 0 Å².